The Labute approximate surface area is 122 Å². The van der Waals surface area contributed by atoms with E-state index in [4.69, 9.17) is 5.73 Å². The van der Waals surface area contributed by atoms with Gasteiger partial charge in [0, 0.05) is 13.6 Å². The lowest BCUT2D eigenvalue weighted by molar-refractivity contribution is 0.580. The maximum atomic E-state index is 13.0. The Morgan fingerprint density at radius 3 is 2.71 bits per heavy atom. The Morgan fingerprint density at radius 1 is 1.43 bits per heavy atom. The highest BCUT2D eigenvalue weighted by Crippen LogP contribution is 2.20. The van der Waals surface area contributed by atoms with Gasteiger partial charge in [0.05, 0.1) is 5.69 Å². The molecule has 0 radical (unpaired) electrons. The summed E-state index contributed by atoms with van der Waals surface area (Å²) in [6, 6.07) is 6.04. The lowest BCUT2D eigenvalue weighted by Gasteiger charge is -2.07. The van der Waals surface area contributed by atoms with Crippen molar-refractivity contribution in [2.24, 2.45) is 7.05 Å². The summed E-state index contributed by atoms with van der Waals surface area (Å²) in [5.74, 6) is -0.379. The second-order valence-corrected chi connectivity index (χ2v) is 6.40. The van der Waals surface area contributed by atoms with Crippen LogP contribution in [0.1, 0.15) is 11.3 Å². The van der Waals surface area contributed by atoms with E-state index in [2.05, 4.69) is 9.82 Å². The van der Waals surface area contributed by atoms with Crippen LogP contribution in [0, 0.1) is 12.7 Å². The Morgan fingerprint density at radius 2 is 2.14 bits per heavy atom. The molecule has 2 rings (SSSR count). The van der Waals surface area contributed by atoms with Crippen LogP contribution < -0.4 is 10.5 Å². The molecule has 0 amide bonds. The molecule has 6 nitrogen and oxygen atoms in total. The number of nitrogen functional groups attached to an aromatic ring is 1. The van der Waals surface area contributed by atoms with E-state index >= 15 is 0 Å². The van der Waals surface area contributed by atoms with Crippen molar-refractivity contribution in [1.29, 1.82) is 0 Å². The van der Waals surface area contributed by atoms with Gasteiger partial charge in [-0.1, -0.05) is 12.1 Å². The first kappa shape index (κ1) is 15.5. The van der Waals surface area contributed by atoms with Gasteiger partial charge in [-0.2, -0.15) is 5.10 Å². The molecule has 0 aliphatic rings. The number of rotatable bonds is 5. The second-order valence-electron chi connectivity index (χ2n) is 4.70. The lowest BCUT2D eigenvalue weighted by atomic mass is 10.1. The predicted molar refractivity (Wildman–Crippen MR) is 77.6 cm³/mol. The highest BCUT2D eigenvalue weighted by atomic mass is 32.2. The molecule has 0 unspecified atom stereocenters. The first-order valence-corrected chi connectivity index (χ1v) is 7.83. The van der Waals surface area contributed by atoms with Crippen molar-refractivity contribution in [3.8, 4) is 0 Å². The third kappa shape index (κ3) is 3.40. The third-order valence-corrected chi connectivity index (χ3v) is 4.79. The van der Waals surface area contributed by atoms with Gasteiger partial charge in [-0.05, 0) is 31.0 Å². The van der Waals surface area contributed by atoms with Crippen LogP contribution >= 0.6 is 0 Å². The first-order chi connectivity index (χ1) is 9.81. The average Bonchev–Trinajstić information content (AvgIpc) is 2.63. The van der Waals surface area contributed by atoms with Gasteiger partial charge in [0.15, 0.2) is 5.82 Å². The monoisotopic (exact) mass is 312 g/mol. The minimum Gasteiger partial charge on any atom is -0.381 e. The van der Waals surface area contributed by atoms with Crippen molar-refractivity contribution in [2.45, 2.75) is 18.2 Å². The maximum absolute atomic E-state index is 13.0. The quantitative estimate of drug-likeness (QED) is 0.861. The van der Waals surface area contributed by atoms with Gasteiger partial charge in [-0.3, -0.25) is 4.68 Å². The molecule has 1 aromatic carbocycles. The number of hydrogen-bond acceptors (Lipinski definition) is 4. The number of halogens is 1. The minimum absolute atomic E-state index is 0.00996. The molecule has 1 aromatic heterocycles. The van der Waals surface area contributed by atoms with E-state index in [0.29, 0.717) is 17.7 Å². The number of nitrogens with two attached hydrogens (primary N) is 1. The highest BCUT2D eigenvalue weighted by molar-refractivity contribution is 7.89. The smallest absolute Gasteiger partial charge is 0.246 e. The summed E-state index contributed by atoms with van der Waals surface area (Å²) in [5.41, 5.74) is 6.81. The van der Waals surface area contributed by atoms with Gasteiger partial charge in [0.2, 0.25) is 10.0 Å². The number of hydrogen-bond donors (Lipinski definition) is 2. The van der Waals surface area contributed by atoms with Gasteiger partial charge in [-0.15, -0.1) is 0 Å². The summed E-state index contributed by atoms with van der Waals surface area (Å²) in [6.07, 6.45) is 0.385. The van der Waals surface area contributed by atoms with E-state index in [1.54, 1.807) is 26.1 Å². The van der Waals surface area contributed by atoms with E-state index in [1.165, 1.54) is 16.8 Å². The molecule has 0 fully saturated rings. The summed E-state index contributed by atoms with van der Waals surface area (Å²) >= 11 is 0. The Hall–Kier alpha value is -1.93. The molecular weight excluding hydrogens is 295 g/mol. The van der Waals surface area contributed by atoms with Crippen molar-refractivity contribution in [1.82, 2.24) is 14.5 Å². The fourth-order valence-electron chi connectivity index (χ4n) is 2.04. The van der Waals surface area contributed by atoms with Crippen molar-refractivity contribution in [3.63, 3.8) is 0 Å². The van der Waals surface area contributed by atoms with Crippen LogP contribution in [-0.4, -0.2) is 24.7 Å². The maximum Gasteiger partial charge on any atom is 0.246 e. The summed E-state index contributed by atoms with van der Waals surface area (Å²) in [6.45, 7) is 1.78. The molecule has 3 N–H and O–H groups in total. The summed E-state index contributed by atoms with van der Waals surface area (Å²) in [7, 11) is -2.11. The molecule has 0 saturated carbocycles. The molecule has 114 valence electrons. The van der Waals surface area contributed by atoms with E-state index in [9.17, 15) is 12.8 Å². The van der Waals surface area contributed by atoms with Crippen LogP contribution in [0.2, 0.25) is 0 Å². The Balaban J connectivity index is 2.08. The second kappa shape index (κ2) is 5.82. The van der Waals surface area contributed by atoms with Crippen molar-refractivity contribution < 1.29 is 12.8 Å². The third-order valence-electron chi connectivity index (χ3n) is 3.17. The molecule has 0 atom stereocenters. The summed E-state index contributed by atoms with van der Waals surface area (Å²) in [4.78, 5) is -0.00996. The number of anilines is 1. The van der Waals surface area contributed by atoms with Crippen LogP contribution in [0.4, 0.5) is 10.2 Å². The zero-order valence-corrected chi connectivity index (χ0v) is 12.6. The highest BCUT2D eigenvalue weighted by Gasteiger charge is 2.23. The minimum atomic E-state index is -3.73. The average molecular weight is 312 g/mol. The number of benzene rings is 1. The fourth-order valence-corrected chi connectivity index (χ4v) is 3.39. The number of aromatic nitrogens is 2. The lowest BCUT2D eigenvalue weighted by Crippen LogP contribution is -2.27. The number of nitrogens with one attached hydrogen (secondary N) is 1. The molecule has 0 aliphatic heterocycles. The van der Waals surface area contributed by atoms with E-state index in [0.717, 1.165) is 0 Å². The zero-order valence-electron chi connectivity index (χ0n) is 11.8. The molecule has 2 aromatic rings. The van der Waals surface area contributed by atoms with Gasteiger partial charge >= 0.3 is 0 Å². The molecule has 0 spiro atoms. The number of nitrogens with zero attached hydrogens (tertiary/aromatic N) is 2. The van der Waals surface area contributed by atoms with E-state index < -0.39 is 10.0 Å². The Kier molecular flexibility index (Phi) is 4.29. The predicted octanol–water partition coefficient (Wildman–Crippen LogP) is 0.971. The van der Waals surface area contributed by atoms with Crippen molar-refractivity contribution >= 4 is 15.8 Å². The van der Waals surface area contributed by atoms with Crippen LogP contribution in [0.5, 0.6) is 0 Å². The molecule has 0 saturated heterocycles. The van der Waals surface area contributed by atoms with Gasteiger partial charge in [0.25, 0.3) is 0 Å². The zero-order chi connectivity index (χ0) is 15.6. The van der Waals surface area contributed by atoms with E-state index in [-0.39, 0.29) is 23.1 Å². The van der Waals surface area contributed by atoms with Gasteiger partial charge in [0.1, 0.15) is 10.7 Å². The normalized spacial score (nSPS) is 11.8. The molecule has 21 heavy (non-hydrogen) atoms. The molecule has 0 aliphatic carbocycles. The van der Waals surface area contributed by atoms with Crippen molar-refractivity contribution in [2.75, 3.05) is 12.3 Å². The van der Waals surface area contributed by atoms with Crippen molar-refractivity contribution in [3.05, 3.63) is 41.3 Å². The largest absolute Gasteiger partial charge is 0.381 e. The van der Waals surface area contributed by atoms with Gasteiger partial charge < -0.3 is 5.73 Å². The SMILES string of the molecule is Cc1c(S(=O)(=O)NCCc2cccc(F)c2)c(N)nn1C. The summed E-state index contributed by atoms with van der Waals surface area (Å²) < 4.78 is 41.4. The summed E-state index contributed by atoms with van der Waals surface area (Å²) in [5, 5.41) is 3.88. The van der Waals surface area contributed by atoms with Crippen LogP contribution in [-0.2, 0) is 23.5 Å². The first-order valence-electron chi connectivity index (χ1n) is 6.34. The number of sulfonamides is 1. The van der Waals surface area contributed by atoms with Crippen LogP contribution in [0.3, 0.4) is 0 Å². The molecule has 8 heteroatoms. The van der Waals surface area contributed by atoms with Crippen LogP contribution in [0.15, 0.2) is 29.2 Å². The standard InChI is InChI=1S/C13H17FN4O2S/c1-9-12(13(15)17-18(9)2)21(19,20)16-7-6-10-4-3-5-11(14)8-10/h3-5,8,16H,6-7H2,1-2H3,(H2,15,17). The molecule has 1 heterocycles. The topological polar surface area (TPSA) is 90.0 Å². The van der Waals surface area contributed by atoms with Crippen LogP contribution in [0.25, 0.3) is 0 Å². The molecular formula is C13H17FN4O2S. The number of aryl methyl sites for hydroxylation is 1. The van der Waals surface area contributed by atoms with E-state index in [1.807, 2.05) is 0 Å². The Bertz CT molecular complexity index is 756. The molecule has 0 bridgehead atoms. The fraction of sp³-hybridized carbons (Fsp3) is 0.308. The van der Waals surface area contributed by atoms with Gasteiger partial charge in [-0.25, -0.2) is 17.5 Å².